The van der Waals surface area contributed by atoms with Crippen LogP contribution in [-0.2, 0) is 11.0 Å². The molecule has 2 rings (SSSR count). The van der Waals surface area contributed by atoms with Crippen LogP contribution in [0.3, 0.4) is 0 Å². The third-order valence-electron chi connectivity index (χ3n) is 4.05. The average molecular weight is 344 g/mol. The molecule has 1 aromatic rings. The monoisotopic (exact) mass is 344 g/mol. The number of aliphatic hydroxyl groups excluding tert-OH is 1. The van der Waals surface area contributed by atoms with Crippen molar-refractivity contribution in [2.45, 2.75) is 44.5 Å². The fourth-order valence-electron chi connectivity index (χ4n) is 2.78. The van der Waals surface area contributed by atoms with Gasteiger partial charge in [-0.1, -0.05) is 25.5 Å². The van der Waals surface area contributed by atoms with Crippen molar-refractivity contribution >= 4 is 11.9 Å². The van der Waals surface area contributed by atoms with Crippen molar-refractivity contribution in [1.29, 1.82) is 0 Å². The molecule has 1 fully saturated rings. The molecule has 24 heavy (non-hydrogen) atoms. The van der Waals surface area contributed by atoms with Crippen LogP contribution in [0.25, 0.3) is 0 Å². The smallest absolute Gasteiger partial charge is 0.387 e. The first-order chi connectivity index (χ1) is 11.1. The van der Waals surface area contributed by atoms with E-state index >= 15 is 0 Å². The minimum atomic E-state index is -4.53. The summed E-state index contributed by atoms with van der Waals surface area (Å²) in [6.45, 7) is 3.06. The largest absolute Gasteiger partial charge is 0.416 e. The molecule has 0 saturated carbocycles. The molecule has 1 saturated heterocycles. The fraction of sp³-hybridized carbons (Fsp3) is 0.500. The number of carbonyl (C=O) groups is 2. The molecular weight excluding hydrogens is 325 g/mol. The molecule has 1 aliphatic rings. The quantitative estimate of drug-likeness (QED) is 0.807. The maximum atomic E-state index is 12.7. The van der Waals surface area contributed by atoms with E-state index in [1.165, 1.54) is 12.1 Å². The lowest BCUT2D eigenvalue weighted by Gasteiger charge is -2.22. The van der Waals surface area contributed by atoms with E-state index in [4.69, 9.17) is 0 Å². The number of aliphatic hydroxyl groups is 1. The van der Waals surface area contributed by atoms with Gasteiger partial charge in [0.15, 0.2) is 0 Å². The molecule has 0 radical (unpaired) electrons. The van der Waals surface area contributed by atoms with E-state index in [9.17, 15) is 27.9 Å². The number of hydrogen-bond acceptors (Lipinski definition) is 3. The third kappa shape index (κ3) is 3.53. The van der Waals surface area contributed by atoms with Gasteiger partial charge >= 0.3 is 12.2 Å². The van der Waals surface area contributed by atoms with Gasteiger partial charge in [0.05, 0.1) is 18.2 Å². The summed E-state index contributed by atoms with van der Waals surface area (Å²) >= 11 is 0. The third-order valence-corrected chi connectivity index (χ3v) is 4.05. The predicted octanol–water partition coefficient (Wildman–Crippen LogP) is 2.85. The first kappa shape index (κ1) is 18.3. The topological polar surface area (TPSA) is 69.6 Å². The van der Waals surface area contributed by atoms with E-state index in [2.05, 4.69) is 5.32 Å². The van der Waals surface area contributed by atoms with Crippen molar-refractivity contribution in [3.8, 4) is 0 Å². The van der Waals surface area contributed by atoms with Crippen LogP contribution in [0.1, 0.15) is 43.9 Å². The number of amides is 3. The van der Waals surface area contributed by atoms with Gasteiger partial charge in [-0.2, -0.15) is 13.2 Å². The summed E-state index contributed by atoms with van der Waals surface area (Å²) in [5, 5.41) is 12.7. The van der Waals surface area contributed by atoms with Gasteiger partial charge < -0.3 is 10.4 Å². The lowest BCUT2D eigenvalue weighted by Crippen LogP contribution is -2.44. The Kier molecular flexibility index (Phi) is 4.89. The number of benzene rings is 1. The number of urea groups is 1. The van der Waals surface area contributed by atoms with E-state index in [-0.39, 0.29) is 5.56 Å². The van der Waals surface area contributed by atoms with Gasteiger partial charge in [-0.05, 0) is 31.0 Å². The SMILES string of the molecule is CCCC1(C)NC(=O)N(CC(O)c2cccc(C(F)(F)F)c2)C1=O. The number of halogens is 3. The maximum Gasteiger partial charge on any atom is 0.416 e. The van der Waals surface area contributed by atoms with Crippen molar-refractivity contribution in [1.82, 2.24) is 10.2 Å². The zero-order valence-corrected chi connectivity index (χ0v) is 13.4. The van der Waals surface area contributed by atoms with Crippen molar-refractivity contribution in [2.24, 2.45) is 0 Å². The number of imide groups is 1. The normalized spacial score (nSPS) is 22.7. The second kappa shape index (κ2) is 6.43. The molecule has 3 amide bonds. The first-order valence-corrected chi connectivity index (χ1v) is 7.58. The Hall–Kier alpha value is -2.09. The summed E-state index contributed by atoms with van der Waals surface area (Å²) in [6.07, 6.45) is -4.82. The van der Waals surface area contributed by atoms with Crippen LogP contribution in [0.4, 0.5) is 18.0 Å². The number of hydrogen-bond donors (Lipinski definition) is 2. The van der Waals surface area contributed by atoms with Crippen molar-refractivity contribution < 1.29 is 27.9 Å². The highest BCUT2D eigenvalue weighted by Crippen LogP contribution is 2.31. The Morgan fingerprint density at radius 3 is 2.58 bits per heavy atom. The molecule has 5 nitrogen and oxygen atoms in total. The Morgan fingerprint density at radius 2 is 2.00 bits per heavy atom. The number of nitrogens with zero attached hydrogens (tertiary/aromatic N) is 1. The Bertz CT molecular complexity index is 648. The zero-order valence-electron chi connectivity index (χ0n) is 13.4. The number of rotatable bonds is 5. The minimum Gasteiger partial charge on any atom is -0.387 e. The molecule has 0 bridgehead atoms. The van der Waals surface area contributed by atoms with Crippen molar-refractivity contribution in [3.63, 3.8) is 0 Å². The average Bonchev–Trinajstić information content (AvgIpc) is 2.70. The summed E-state index contributed by atoms with van der Waals surface area (Å²) < 4.78 is 38.2. The second-order valence-electron chi connectivity index (χ2n) is 6.07. The van der Waals surface area contributed by atoms with Crippen molar-refractivity contribution in [3.05, 3.63) is 35.4 Å². The highest BCUT2D eigenvalue weighted by atomic mass is 19.4. The molecule has 0 aromatic heterocycles. The summed E-state index contributed by atoms with van der Waals surface area (Å²) in [4.78, 5) is 25.2. The highest BCUT2D eigenvalue weighted by molar-refractivity contribution is 6.06. The van der Waals surface area contributed by atoms with E-state index in [1.54, 1.807) is 6.92 Å². The molecule has 2 unspecified atom stereocenters. The van der Waals surface area contributed by atoms with Crippen LogP contribution in [0.15, 0.2) is 24.3 Å². The predicted molar refractivity (Wildman–Crippen MR) is 80.0 cm³/mol. The Morgan fingerprint density at radius 1 is 1.33 bits per heavy atom. The van der Waals surface area contributed by atoms with Gasteiger partial charge in [-0.3, -0.25) is 9.69 Å². The number of carbonyl (C=O) groups excluding carboxylic acids is 2. The van der Waals surface area contributed by atoms with Crippen LogP contribution in [-0.4, -0.2) is 34.0 Å². The van der Waals surface area contributed by atoms with Crippen LogP contribution < -0.4 is 5.32 Å². The number of alkyl halides is 3. The Labute approximate surface area is 137 Å². The summed E-state index contributed by atoms with van der Waals surface area (Å²) in [7, 11) is 0. The maximum absolute atomic E-state index is 12.7. The van der Waals surface area contributed by atoms with Crippen LogP contribution >= 0.6 is 0 Å². The molecule has 1 aromatic carbocycles. The van der Waals surface area contributed by atoms with Gasteiger partial charge in [-0.15, -0.1) is 0 Å². The molecule has 0 spiro atoms. The Balaban J connectivity index is 2.17. The summed E-state index contributed by atoms with van der Waals surface area (Å²) in [5.41, 5.74) is -1.94. The van der Waals surface area contributed by atoms with Crippen molar-refractivity contribution in [2.75, 3.05) is 6.54 Å². The lowest BCUT2D eigenvalue weighted by atomic mass is 9.96. The zero-order chi connectivity index (χ0) is 18.1. The molecule has 8 heteroatoms. The van der Waals surface area contributed by atoms with E-state index in [0.29, 0.717) is 12.8 Å². The molecule has 2 N–H and O–H groups in total. The van der Waals surface area contributed by atoms with E-state index in [1.807, 2.05) is 6.92 Å². The highest BCUT2D eigenvalue weighted by Gasteiger charge is 2.47. The molecule has 1 heterocycles. The van der Waals surface area contributed by atoms with Gasteiger partial charge in [0, 0.05) is 0 Å². The lowest BCUT2D eigenvalue weighted by molar-refractivity contribution is -0.138. The number of β-amino-alcohol motifs (C(OH)–C–C–N with tert-alkyl or cyclic N) is 1. The molecule has 1 aliphatic heterocycles. The first-order valence-electron chi connectivity index (χ1n) is 7.58. The fourth-order valence-corrected chi connectivity index (χ4v) is 2.78. The molecule has 132 valence electrons. The summed E-state index contributed by atoms with van der Waals surface area (Å²) in [5.74, 6) is -0.486. The minimum absolute atomic E-state index is 0.00507. The van der Waals surface area contributed by atoms with Crippen LogP contribution in [0, 0.1) is 0 Å². The van der Waals surface area contributed by atoms with Gasteiger partial charge in [0.25, 0.3) is 5.91 Å². The van der Waals surface area contributed by atoms with E-state index in [0.717, 1.165) is 17.0 Å². The number of nitrogens with one attached hydrogen (secondary N) is 1. The molecule has 2 atom stereocenters. The van der Waals surface area contributed by atoms with E-state index < -0.39 is 41.9 Å². The standard InChI is InChI=1S/C16H19F3N2O3/c1-3-7-15(2)13(23)21(14(24)20-15)9-12(22)10-5-4-6-11(8-10)16(17,18)19/h4-6,8,12,22H,3,7,9H2,1-2H3,(H,20,24). The van der Waals surface area contributed by atoms with Crippen LogP contribution in [0.2, 0.25) is 0 Å². The van der Waals surface area contributed by atoms with Gasteiger partial charge in [-0.25, -0.2) is 4.79 Å². The van der Waals surface area contributed by atoms with Crippen LogP contribution in [0.5, 0.6) is 0 Å². The summed E-state index contributed by atoms with van der Waals surface area (Å²) in [6, 6.07) is 3.55. The molecule has 0 aliphatic carbocycles. The second-order valence-corrected chi connectivity index (χ2v) is 6.07. The van der Waals surface area contributed by atoms with Gasteiger partial charge in [0.2, 0.25) is 0 Å². The van der Waals surface area contributed by atoms with Gasteiger partial charge in [0.1, 0.15) is 5.54 Å². The molecular formula is C16H19F3N2O3.